The van der Waals surface area contributed by atoms with E-state index < -0.39 is 10.1 Å². The molecule has 1 aliphatic rings. The first-order chi connectivity index (χ1) is 21.9. The molecule has 2 aromatic rings. The highest BCUT2D eigenvalue weighted by atomic mass is 32.2. The van der Waals surface area contributed by atoms with Crippen molar-refractivity contribution in [1.82, 2.24) is 0 Å². The van der Waals surface area contributed by atoms with Crippen LogP contribution in [0.3, 0.4) is 0 Å². The van der Waals surface area contributed by atoms with Crippen molar-refractivity contribution in [2.24, 2.45) is 5.92 Å². The molecular weight excluding hydrogens is 603 g/mol. The van der Waals surface area contributed by atoms with Crippen molar-refractivity contribution in [3.05, 3.63) is 46.9 Å². The molecule has 1 fully saturated rings. The summed E-state index contributed by atoms with van der Waals surface area (Å²) < 4.78 is 45.4. The van der Waals surface area contributed by atoms with Crippen LogP contribution in [0.5, 0.6) is 0 Å². The summed E-state index contributed by atoms with van der Waals surface area (Å²) in [6.45, 7) is 7.97. The van der Waals surface area contributed by atoms with E-state index in [4.69, 9.17) is 9.47 Å². The van der Waals surface area contributed by atoms with Crippen LogP contribution in [0.15, 0.2) is 46.2 Å². The Morgan fingerprint density at radius 3 is 2.00 bits per heavy atom. The standard InChI is InChI=1S/C30H56NO2S.C7H8O3S/c1-2-3-4-5-6-7-8-9-10-11-12-14-17-20-29-25-30(33-26-29)27-32-23-19-16-13-15-18-21-31-22-24-34-28-31;1-6-2-4-7(5-3-6)11(8,9)10/h22,24,28-30H,2-21,23,25-27H2,1H3;2-5H,1H3,(H,8,9,10)/q+1;/p-1/t29-,30+;/m1./s1. The Morgan fingerprint density at radius 2 is 1.42 bits per heavy atom. The maximum atomic E-state index is 10.4. The zero-order chi connectivity index (χ0) is 32.4. The van der Waals surface area contributed by atoms with Crippen molar-refractivity contribution >= 4 is 21.5 Å². The number of aromatic nitrogens is 1. The van der Waals surface area contributed by atoms with Crippen LogP contribution >= 0.6 is 11.3 Å². The van der Waals surface area contributed by atoms with Crippen molar-refractivity contribution in [2.75, 3.05) is 19.8 Å². The average Bonchev–Trinajstić information content (AvgIpc) is 3.71. The van der Waals surface area contributed by atoms with Crippen molar-refractivity contribution in [3.8, 4) is 0 Å². The van der Waals surface area contributed by atoms with Gasteiger partial charge in [0.05, 0.1) is 23.0 Å². The monoisotopic (exact) mass is 665 g/mol. The van der Waals surface area contributed by atoms with Gasteiger partial charge in [-0.3, -0.25) is 0 Å². The third-order valence-electron chi connectivity index (χ3n) is 8.73. The van der Waals surface area contributed by atoms with Crippen molar-refractivity contribution < 1.29 is 27.0 Å². The van der Waals surface area contributed by atoms with E-state index in [0.717, 1.165) is 31.3 Å². The smallest absolute Gasteiger partial charge is 0.224 e. The molecule has 3 rings (SSSR count). The molecule has 0 spiro atoms. The minimum atomic E-state index is -4.27. The lowest BCUT2D eigenvalue weighted by Gasteiger charge is -2.10. The van der Waals surface area contributed by atoms with Gasteiger partial charge in [0.2, 0.25) is 5.51 Å². The first-order valence-corrected chi connectivity index (χ1v) is 20.4. The summed E-state index contributed by atoms with van der Waals surface area (Å²) in [5.74, 6) is 0.780. The fourth-order valence-corrected chi connectivity index (χ4v) is 6.98. The van der Waals surface area contributed by atoms with Gasteiger partial charge in [0.15, 0.2) is 6.20 Å². The van der Waals surface area contributed by atoms with Gasteiger partial charge in [-0.1, -0.05) is 132 Å². The highest BCUT2D eigenvalue weighted by Crippen LogP contribution is 2.25. The molecule has 1 saturated heterocycles. The number of nitrogens with zero attached hydrogens (tertiary/aromatic N) is 1. The number of hydrogen-bond donors (Lipinski definition) is 0. The van der Waals surface area contributed by atoms with Crippen molar-refractivity contribution in [2.45, 2.75) is 160 Å². The van der Waals surface area contributed by atoms with E-state index in [1.165, 1.54) is 147 Å². The molecule has 2 atom stereocenters. The van der Waals surface area contributed by atoms with E-state index in [1.54, 1.807) is 23.5 Å². The predicted molar refractivity (Wildman–Crippen MR) is 186 cm³/mol. The molecule has 0 amide bonds. The average molecular weight is 666 g/mol. The molecule has 258 valence electrons. The first kappa shape index (κ1) is 39.9. The Balaban J connectivity index is 0.000000537. The molecule has 0 bridgehead atoms. The minimum Gasteiger partial charge on any atom is -0.744 e. The summed E-state index contributed by atoms with van der Waals surface area (Å²) in [5.41, 5.74) is 3.13. The van der Waals surface area contributed by atoms with E-state index in [9.17, 15) is 13.0 Å². The second-order valence-corrected chi connectivity index (χ2v) is 15.1. The molecule has 1 aliphatic heterocycles. The number of aryl methyl sites for hydroxylation is 2. The number of hydrogen-bond acceptors (Lipinski definition) is 6. The molecule has 0 N–H and O–H groups in total. The molecule has 0 aliphatic carbocycles. The molecule has 1 aromatic carbocycles. The highest BCUT2D eigenvalue weighted by Gasteiger charge is 2.25. The van der Waals surface area contributed by atoms with E-state index in [-0.39, 0.29) is 4.90 Å². The zero-order valence-electron chi connectivity index (χ0n) is 28.5. The molecule has 6 nitrogen and oxygen atoms in total. The highest BCUT2D eigenvalue weighted by molar-refractivity contribution is 7.85. The van der Waals surface area contributed by atoms with Gasteiger partial charge in [-0.15, -0.1) is 0 Å². The van der Waals surface area contributed by atoms with Crippen LogP contribution in [0.1, 0.15) is 141 Å². The van der Waals surface area contributed by atoms with E-state index in [1.807, 2.05) is 6.92 Å². The van der Waals surface area contributed by atoms with Gasteiger partial charge in [-0.25, -0.2) is 8.42 Å². The second kappa shape index (κ2) is 25.7. The maximum absolute atomic E-state index is 10.4. The van der Waals surface area contributed by atoms with Gasteiger partial charge in [-0.05, 0) is 50.7 Å². The van der Waals surface area contributed by atoms with E-state index in [2.05, 4.69) is 28.6 Å². The number of ether oxygens (including phenoxy) is 2. The van der Waals surface area contributed by atoms with Crippen LogP contribution < -0.4 is 4.57 Å². The SMILES string of the molecule is CCCCCCCCCCCCCCC[C@H]1CO[C@H](COCCCCCCC[n+]2ccsc2)C1.Cc1ccc(S(=O)(=O)[O-])cc1. The van der Waals surface area contributed by atoms with E-state index >= 15 is 0 Å². The first-order valence-electron chi connectivity index (χ1n) is 18.0. The number of unbranched alkanes of at least 4 members (excludes halogenated alkanes) is 16. The van der Waals surface area contributed by atoms with Crippen molar-refractivity contribution in [1.29, 1.82) is 0 Å². The van der Waals surface area contributed by atoms with Gasteiger partial charge in [0, 0.05) is 19.6 Å². The topological polar surface area (TPSA) is 79.5 Å². The van der Waals surface area contributed by atoms with Crippen LogP contribution in [0.25, 0.3) is 0 Å². The van der Waals surface area contributed by atoms with Crippen LogP contribution in [0, 0.1) is 12.8 Å². The lowest BCUT2D eigenvalue weighted by Crippen LogP contribution is -2.29. The van der Waals surface area contributed by atoms with Gasteiger partial charge in [-0.2, -0.15) is 4.57 Å². The molecule has 0 saturated carbocycles. The minimum absolute atomic E-state index is 0.178. The summed E-state index contributed by atoms with van der Waals surface area (Å²) in [7, 11) is -4.27. The maximum Gasteiger partial charge on any atom is 0.224 e. The quantitative estimate of drug-likeness (QED) is 0.0599. The molecular formula is C37H63NO5S2. The summed E-state index contributed by atoms with van der Waals surface area (Å²) in [6.07, 6.45) is 30.2. The molecule has 8 heteroatoms. The summed E-state index contributed by atoms with van der Waals surface area (Å²) >= 11 is 1.77. The van der Waals surface area contributed by atoms with Gasteiger partial charge in [0.25, 0.3) is 0 Å². The Hall–Kier alpha value is -1.32. The Bertz CT molecular complexity index is 1040. The number of benzene rings is 1. The van der Waals surface area contributed by atoms with Crippen LogP contribution in [0.4, 0.5) is 0 Å². The molecule has 45 heavy (non-hydrogen) atoms. The normalized spacial score (nSPS) is 16.5. The summed E-state index contributed by atoms with van der Waals surface area (Å²) in [6, 6.07) is 5.78. The lowest BCUT2D eigenvalue weighted by atomic mass is 9.97. The molecule has 2 heterocycles. The van der Waals surface area contributed by atoms with Crippen LogP contribution in [0.2, 0.25) is 0 Å². The van der Waals surface area contributed by atoms with Crippen molar-refractivity contribution in [3.63, 3.8) is 0 Å². The van der Waals surface area contributed by atoms with Gasteiger partial charge < -0.3 is 14.0 Å². The molecule has 1 aromatic heterocycles. The van der Waals surface area contributed by atoms with Gasteiger partial charge in [0.1, 0.15) is 16.7 Å². The molecule has 0 unspecified atom stereocenters. The summed E-state index contributed by atoms with van der Waals surface area (Å²) in [4.78, 5) is -0.178. The third-order valence-corrected chi connectivity index (χ3v) is 10.2. The largest absolute Gasteiger partial charge is 0.744 e. The third kappa shape index (κ3) is 21.2. The predicted octanol–water partition coefficient (Wildman–Crippen LogP) is 9.79. The number of rotatable bonds is 25. The van der Waals surface area contributed by atoms with E-state index in [0.29, 0.717) is 6.10 Å². The fraction of sp³-hybridized carbons (Fsp3) is 0.757. The fourth-order valence-electron chi connectivity index (χ4n) is 5.89. The Labute approximate surface area is 280 Å². The molecule has 0 radical (unpaired) electrons. The summed E-state index contributed by atoms with van der Waals surface area (Å²) in [5, 5.41) is 2.15. The lowest BCUT2D eigenvalue weighted by molar-refractivity contribution is -0.692. The number of thiazole rings is 1. The zero-order valence-corrected chi connectivity index (χ0v) is 30.1. The van der Waals surface area contributed by atoms with Crippen LogP contribution in [-0.2, 0) is 26.1 Å². The Kier molecular flexibility index (Phi) is 22.8. The van der Waals surface area contributed by atoms with Gasteiger partial charge >= 0.3 is 0 Å². The second-order valence-electron chi connectivity index (χ2n) is 13.0. The Morgan fingerprint density at radius 1 is 0.844 bits per heavy atom. The van der Waals surface area contributed by atoms with Crippen LogP contribution in [-0.4, -0.2) is 38.9 Å².